The molecule has 1 heterocycles. The number of carbonyl (C=O) groups is 1. The average Bonchev–Trinajstić information content (AvgIpc) is 2.73. The van der Waals surface area contributed by atoms with Gasteiger partial charge in [-0.1, -0.05) is 0 Å². The van der Waals surface area contributed by atoms with Crippen LogP contribution >= 0.6 is 0 Å². The van der Waals surface area contributed by atoms with Gasteiger partial charge in [0.05, 0.1) is 30.4 Å². The molecule has 0 amide bonds. The van der Waals surface area contributed by atoms with Crippen molar-refractivity contribution in [2.75, 3.05) is 6.61 Å². The second kappa shape index (κ2) is 5.34. The summed E-state index contributed by atoms with van der Waals surface area (Å²) >= 11 is 0. The molecule has 2 aromatic rings. The van der Waals surface area contributed by atoms with Gasteiger partial charge in [0.15, 0.2) is 11.6 Å². The molecule has 0 bridgehead atoms. The Morgan fingerprint density at radius 1 is 1.42 bits per heavy atom. The van der Waals surface area contributed by atoms with Gasteiger partial charge < -0.3 is 9.30 Å². The van der Waals surface area contributed by atoms with Crippen LogP contribution in [0.1, 0.15) is 26.3 Å². The number of imidazole rings is 1. The Kier molecular flexibility index (Phi) is 3.78. The normalized spacial score (nSPS) is 12.6. The lowest BCUT2D eigenvalue weighted by Crippen LogP contribution is -2.12. The molecule has 0 N–H and O–H groups in total. The molecule has 0 fully saturated rings. The summed E-state index contributed by atoms with van der Waals surface area (Å²) in [6.07, 6.45) is 1.62. The lowest BCUT2D eigenvalue weighted by atomic mass is 10.2. The predicted molar refractivity (Wildman–Crippen MR) is 65.6 cm³/mol. The highest BCUT2D eigenvalue weighted by atomic mass is 19.2. The van der Waals surface area contributed by atoms with E-state index in [1.54, 1.807) is 18.4 Å². The van der Waals surface area contributed by atoms with Crippen LogP contribution in [0.25, 0.3) is 11.0 Å². The molecule has 2 rings (SSSR count). The van der Waals surface area contributed by atoms with Gasteiger partial charge >= 0.3 is 5.97 Å². The van der Waals surface area contributed by atoms with Crippen molar-refractivity contribution in [1.29, 1.82) is 0 Å². The molecule has 1 aromatic carbocycles. The first kappa shape index (κ1) is 13.5. The lowest BCUT2D eigenvalue weighted by molar-refractivity contribution is -0.143. The highest BCUT2D eigenvalue weighted by molar-refractivity contribution is 5.76. The number of hydrogen-bond donors (Lipinski definition) is 0. The van der Waals surface area contributed by atoms with E-state index in [2.05, 4.69) is 4.98 Å². The van der Waals surface area contributed by atoms with Crippen LogP contribution in [0.5, 0.6) is 0 Å². The summed E-state index contributed by atoms with van der Waals surface area (Å²) < 4.78 is 32.8. The zero-order valence-electron chi connectivity index (χ0n) is 10.7. The Balaban J connectivity index is 2.30. The van der Waals surface area contributed by atoms with E-state index in [1.165, 1.54) is 6.33 Å². The fraction of sp³-hybridized carbons (Fsp3) is 0.385. The maximum absolute atomic E-state index is 13.2. The molecular weight excluding hydrogens is 254 g/mol. The summed E-state index contributed by atoms with van der Waals surface area (Å²) in [5.41, 5.74) is 0.810. The number of carbonyl (C=O) groups excluding carboxylic acids is 1. The second-order valence-electron chi connectivity index (χ2n) is 4.27. The first-order chi connectivity index (χ1) is 9.02. The Hall–Kier alpha value is -1.98. The van der Waals surface area contributed by atoms with Crippen molar-refractivity contribution in [3.05, 3.63) is 30.1 Å². The zero-order valence-corrected chi connectivity index (χ0v) is 10.7. The minimum absolute atomic E-state index is 0.151. The lowest BCUT2D eigenvalue weighted by Gasteiger charge is -2.13. The van der Waals surface area contributed by atoms with Gasteiger partial charge in [0.1, 0.15) is 0 Å². The number of hydrogen-bond acceptors (Lipinski definition) is 3. The van der Waals surface area contributed by atoms with Crippen LogP contribution in [-0.2, 0) is 9.53 Å². The number of ether oxygens (including phenoxy) is 1. The molecule has 102 valence electrons. The van der Waals surface area contributed by atoms with Crippen molar-refractivity contribution in [1.82, 2.24) is 9.55 Å². The van der Waals surface area contributed by atoms with Gasteiger partial charge in [-0.15, -0.1) is 0 Å². The van der Waals surface area contributed by atoms with Gasteiger partial charge in [-0.05, 0) is 13.8 Å². The van der Waals surface area contributed by atoms with E-state index in [-0.39, 0.29) is 18.4 Å². The van der Waals surface area contributed by atoms with Crippen LogP contribution in [0, 0.1) is 11.6 Å². The molecular formula is C13H14F2N2O2. The highest BCUT2D eigenvalue weighted by Gasteiger charge is 2.16. The van der Waals surface area contributed by atoms with Crippen LogP contribution in [0.3, 0.4) is 0 Å². The minimum Gasteiger partial charge on any atom is -0.466 e. The molecule has 0 saturated carbocycles. The van der Waals surface area contributed by atoms with Gasteiger partial charge in [-0.25, -0.2) is 13.8 Å². The first-order valence-electron chi connectivity index (χ1n) is 6.00. The third-order valence-electron chi connectivity index (χ3n) is 2.86. The Morgan fingerprint density at radius 3 is 2.79 bits per heavy atom. The average molecular weight is 268 g/mol. The second-order valence-corrected chi connectivity index (χ2v) is 4.27. The van der Waals surface area contributed by atoms with Crippen LogP contribution < -0.4 is 0 Å². The Morgan fingerprint density at radius 2 is 2.11 bits per heavy atom. The predicted octanol–water partition coefficient (Wildman–Crippen LogP) is 2.83. The summed E-state index contributed by atoms with van der Waals surface area (Å²) in [7, 11) is 0. The molecule has 0 aliphatic heterocycles. The molecule has 1 aromatic heterocycles. The maximum Gasteiger partial charge on any atom is 0.307 e. The topological polar surface area (TPSA) is 44.1 Å². The van der Waals surface area contributed by atoms with Crippen molar-refractivity contribution in [3.8, 4) is 0 Å². The SMILES string of the molecule is CCOC(=O)CC(C)n1cnc2cc(F)c(F)cc21. The van der Waals surface area contributed by atoms with Gasteiger partial charge in [0.2, 0.25) is 0 Å². The Labute approximate surface area is 109 Å². The standard InChI is InChI=1S/C13H14F2N2O2/c1-3-19-13(18)4-8(2)17-7-16-11-5-9(14)10(15)6-12(11)17/h5-8H,3-4H2,1-2H3. The van der Waals surface area contributed by atoms with E-state index in [1.807, 2.05) is 0 Å². The number of fused-ring (bicyclic) bond motifs is 1. The highest BCUT2D eigenvalue weighted by Crippen LogP contribution is 2.22. The quantitative estimate of drug-likeness (QED) is 0.801. The summed E-state index contributed by atoms with van der Waals surface area (Å²) in [5.74, 6) is -2.20. The first-order valence-corrected chi connectivity index (χ1v) is 6.00. The van der Waals surface area contributed by atoms with Crippen molar-refractivity contribution in [2.45, 2.75) is 26.3 Å². The summed E-state index contributed by atoms with van der Waals surface area (Å²) in [5, 5.41) is 0. The molecule has 1 atom stereocenters. The van der Waals surface area contributed by atoms with Gasteiger partial charge in [0.25, 0.3) is 0 Å². The number of aromatic nitrogens is 2. The minimum atomic E-state index is -0.934. The molecule has 1 unspecified atom stereocenters. The van der Waals surface area contributed by atoms with E-state index in [0.717, 1.165) is 12.1 Å². The van der Waals surface area contributed by atoms with E-state index in [9.17, 15) is 13.6 Å². The molecule has 4 nitrogen and oxygen atoms in total. The van der Waals surface area contributed by atoms with E-state index in [0.29, 0.717) is 17.6 Å². The number of rotatable bonds is 4. The number of halogens is 2. The third-order valence-corrected chi connectivity index (χ3v) is 2.86. The van der Waals surface area contributed by atoms with E-state index in [4.69, 9.17) is 4.74 Å². The summed E-state index contributed by atoms with van der Waals surface area (Å²) in [4.78, 5) is 15.4. The summed E-state index contributed by atoms with van der Waals surface area (Å²) in [6, 6.07) is 1.88. The molecule has 19 heavy (non-hydrogen) atoms. The molecule has 0 aliphatic rings. The molecule has 0 aliphatic carbocycles. The number of nitrogens with zero attached hydrogens (tertiary/aromatic N) is 2. The third kappa shape index (κ3) is 2.72. The van der Waals surface area contributed by atoms with Crippen molar-refractivity contribution in [3.63, 3.8) is 0 Å². The number of esters is 1. The van der Waals surface area contributed by atoms with E-state index < -0.39 is 11.6 Å². The van der Waals surface area contributed by atoms with Crippen LogP contribution in [-0.4, -0.2) is 22.1 Å². The monoisotopic (exact) mass is 268 g/mol. The van der Waals surface area contributed by atoms with E-state index >= 15 is 0 Å². The number of benzene rings is 1. The molecule has 0 spiro atoms. The zero-order chi connectivity index (χ0) is 14.0. The Bertz CT molecular complexity index is 610. The fourth-order valence-electron chi connectivity index (χ4n) is 1.93. The largest absolute Gasteiger partial charge is 0.466 e. The van der Waals surface area contributed by atoms with Crippen LogP contribution in [0.2, 0.25) is 0 Å². The molecule has 0 saturated heterocycles. The van der Waals surface area contributed by atoms with Crippen LogP contribution in [0.15, 0.2) is 18.5 Å². The van der Waals surface area contributed by atoms with Gasteiger partial charge in [-0.2, -0.15) is 0 Å². The van der Waals surface area contributed by atoms with Crippen LogP contribution in [0.4, 0.5) is 8.78 Å². The maximum atomic E-state index is 13.2. The summed E-state index contributed by atoms with van der Waals surface area (Å²) in [6.45, 7) is 3.84. The smallest absolute Gasteiger partial charge is 0.307 e. The van der Waals surface area contributed by atoms with Gasteiger partial charge in [0, 0.05) is 18.2 Å². The molecule has 6 heteroatoms. The van der Waals surface area contributed by atoms with Crippen molar-refractivity contribution >= 4 is 17.0 Å². The van der Waals surface area contributed by atoms with Gasteiger partial charge in [-0.3, -0.25) is 4.79 Å². The van der Waals surface area contributed by atoms with Crippen molar-refractivity contribution < 1.29 is 18.3 Å². The van der Waals surface area contributed by atoms with Crippen molar-refractivity contribution in [2.24, 2.45) is 0 Å². The fourth-order valence-corrected chi connectivity index (χ4v) is 1.93. The molecule has 0 radical (unpaired) electrons.